The third-order valence-electron chi connectivity index (χ3n) is 8.14. The molecule has 0 saturated carbocycles. The molecule has 0 aromatic heterocycles. The van der Waals surface area contributed by atoms with E-state index in [2.05, 4.69) is 46.7 Å². The number of anilines is 1. The highest BCUT2D eigenvalue weighted by molar-refractivity contribution is 6.00. The van der Waals surface area contributed by atoms with Gasteiger partial charge in [0.1, 0.15) is 11.6 Å². The van der Waals surface area contributed by atoms with Crippen LogP contribution in [0.15, 0.2) is 60.7 Å². The molecule has 4 amide bonds. The number of unbranched alkanes of at least 4 members (excludes halogenated alkanes) is 1. The van der Waals surface area contributed by atoms with E-state index in [1.807, 2.05) is 41.3 Å². The smallest absolute Gasteiger partial charge is 0.321 e. The monoisotopic (exact) mass is 533 g/mol. The summed E-state index contributed by atoms with van der Waals surface area (Å²) >= 11 is 0. The van der Waals surface area contributed by atoms with E-state index < -0.39 is 11.6 Å². The Bertz CT molecular complexity index is 1090. The second kappa shape index (κ2) is 13.6. The van der Waals surface area contributed by atoms with Crippen molar-refractivity contribution in [2.24, 2.45) is 0 Å². The van der Waals surface area contributed by atoms with Gasteiger partial charge in [-0.05, 0) is 62.6 Å². The van der Waals surface area contributed by atoms with Crippen molar-refractivity contribution >= 4 is 23.5 Å². The number of hydrogen-bond acceptors (Lipinski definition) is 4. The van der Waals surface area contributed by atoms with Crippen LogP contribution in [0.5, 0.6) is 0 Å². The molecular weight excluding hydrogens is 490 g/mol. The van der Waals surface area contributed by atoms with Crippen LogP contribution in [0.4, 0.5) is 10.5 Å². The van der Waals surface area contributed by atoms with Gasteiger partial charge in [-0.15, -0.1) is 0 Å². The lowest BCUT2D eigenvalue weighted by molar-refractivity contribution is -0.161. The lowest BCUT2D eigenvalue weighted by Gasteiger charge is -2.51. The largest absolute Gasteiger partial charge is 0.342 e. The molecule has 2 aromatic rings. The SMILES string of the molecule is CCCN1C(=O)[C@H](CCCCNC(=O)N(C)c2ccccc2)NC(=O)C12CCN(CCc1ccccc1)CC2. The number of urea groups is 1. The Labute approximate surface area is 232 Å². The van der Waals surface area contributed by atoms with Crippen LogP contribution in [-0.2, 0) is 16.0 Å². The molecule has 1 spiro atoms. The van der Waals surface area contributed by atoms with E-state index in [9.17, 15) is 14.4 Å². The number of benzene rings is 2. The summed E-state index contributed by atoms with van der Waals surface area (Å²) in [5.74, 6) is 0.0445. The highest BCUT2D eigenvalue weighted by atomic mass is 16.2. The number of hydrogen-bond donors (Lipinski definition) is 2. The van der Waals surface area contributed by atoms with Crippen molar-refractivity contribution in [3.05, 3.63) is 66.2 Å². The van der Waals surface area contributed by atoms with Crippen molar-refractivity contribution in [3.63, 3.8) is 0 Å². The molecular formula is C31H43N5O3. The van der Waals surface area contributed by atoms with Crippen LogP contribution in [0, 0.1) is 0 Å². The first-order chi connectivity index (χ1) is 18.9. The molecule has 2 N–H and O–H groups in total. The Morgan fingerprint density at radius 3 is 2.33 bits per heavy atom. The van der Waals surface area contributed by atoms with E-state index in [1.165, 1.54) is 5.56 Å². The van der Waals surface area contributed by atoms with Crippen LogP contribution < -0.4 is 15.5 Å². The van der Waals surface area contributed by atoms with E-state index in [4.69, 9.17) is 0 Å². The van der Waals surface area contributed by atoms with Gasteiger partial charge in [-0.1, -0.05) is 55.5 Å². The maximum atomic E-state index is 13.6. The van der Waals surface area contributed by atoms with Crippen molar-refractivity contribution in [2.45, 2.75) is 63.5 Å². The van der Waals surface area contributed by atoms with Crippen molar-refractivity contribution < 1.29 is 14.4 Å². The first-order valence-electron chi connectivity index (χ1n) is 14.4. The summed E-state index contributed by atoms with van der Waals surface area (Å²) in [5, 5.41) is 6.02. The second-order valence-electron chi connectivity index (χ2n) is 10.7. The summed E-state index contributed by atoms with van der Waals surface area (Å²) in [7, 11) is 1.74. The quantitative estimate of drug-likeness (QED) is 0.430. The number of nitrogens with one attached hydrogen (secondary N) is 2. The zero-order chi connectivity index (χ0) is 27.7. The number of carbonyl (C=O) groups excluding carboxylic acids is 3. The van der Waals surface area contributed by atoms with Gasteiger partial charge < -0.3 is 20.4 Å². The van der Waals surface area contributed by atoms with Crippen LogP contribution in [0.25, 0.3) is 0 Å². The molecule has 2 aliphatic rings. The average Bonchev–Trinajstić information content (AvgIpc) is 2.97. The predicted octanol–water partition coefficient (Wildman–Crippen LogP) is 3.82. The molecule has 2 fully saturated rings. The van der Waals surface area contributed by atoms with Crippen LogP contribution in [0.2, 0.25) is 0 Å². The lowest BCUT2D eigenvalue weighted by atomic mass is 9.81. The van der Waals surface area contributed by atoms with E-state index >= 15 is 0 Å². The Morgan fingerprint density at radius 1 is 1.00 bits per heavy atom. The topological polar surface area (TPSA) is 85.0 Å². The summed E-state index contributed by atoms with van der Waals surface area (Å²) in [4.78, 5) is 45.4. The lowest BCUT2D eigenvalue weighted by Crippen LogP contribution is -2.72. The normalized spacial score (nSPS) is 19.1. The Morgan fingerprint density at radius 2 is 1.67 bits per heavy atom. The van der Waals surface area contributed by atoms with Crippen LogP contribution in [0.3, 0.4) is 0 Å². The molecule has 1 atom stereocenters. The molecule has 2 aromatic carbocycles. The summed E-state index contributed by atoms with van der Waals surface area (Å²) in [5.41, 5.74) is 1.42. The molecule has 2 aliphatic heterocycles. The minimum Gasteiger partial charge on any atom is -0.342 e. The van der Waals surface area contributed by atoms with Gasteiger partial charge in [0.2, 0.25) is 11.8 Å². The number of rotatable bonds is 11. The average molecular weight is 534 g/mol. The van der Waals surface area contributed by atoms with Crippen LogP contribution in [-0.4, -0.2) is 79.0 Å². The summed E-state index contributed by atoms with van der Waals surface area (Å²) in [6.07, 6.45) is 5.22. The van der Waals surface area contributed by atoms with Crippen LogP contribution >= 0.6 is 0 Å². The molecule has 8 heteroatoms. The number of amides is 4. The third-order valence-corrected chi connectivity index (χ3v) is 8.14. The van der Waals surface area contributed by atoms with Gasteiger partial charge in [0.25, 0.3) is 0 Å². The summed E-state index contributed by atoms with van der Waals surface area (Å²) in [6, 6.07) is 19.3. The van der Waals surface area contributed by atoms with Gasteiger partial charge in [-0.3, -0.25) is 14.5 Å². The molecule has 210 valence electrons. The van der Waals surface area contributed by atoms with Gasteiger partial charge in [0.15, 0.2) is 0 Å². The fourth-order valence-corrected chi connectivity index (χ4v) is 5.75. The van der Waals surface area contributed by atoms with E-state index in [0.29, 0.717) is 32.4 Å². The Hall–Kier alpha value is -3.39. The summed E-state index contributed by atoms with van der Waals surface area (Å²) in [6.45, 7) is 5.78. The second-order valence-corrected chi connectivity index (χ2v) is 10.7. The number of carbonyl (C=O) groups is 3. The number of piperidine rings is 1. The highest BCUT2D eigenvalue weighted by Crippen LogP contribution is 2.34. The molecule has 0 radical (unpaired) electrons. The van der Waals surface area contributed by atoms with Gasteiger partial charge in [0, 0.05) is 45.5 Å². The molecule has 39 heavy (non-hydrogen) atoms. The van der Waals surface area contributed by atoms with Crippen molar-refractivity contribution in [1.82, 2.24) is 20.4 Å². The van der Waals surface area contributed by atoms with E-state index in [-0.39, 0.29) is 17.8 Å². The summed E-state index contributed by atoms with van der Waals surface area (Å²) < 4.78 is 0. The molecule has 0 aliphatic carbocycles. The zero-order valence-corrected chi connectivity index (χ0v) is 23.4. The number of nitrogens with zero attached hydrogens (tertiary/aromatic N) is 3. The first-order valence-corrected chi connectivity index (χ1v) is 14.4. The van der Waals surface area contributed by atoms with E-state index in [1.54, 1.807) is 11.9 Å². The number of para-hydroxylation sites is 1. The molecule has 2 heterocycles. The number of piperazine rings is 1. The third kappa shape index (κ3) is 6.98. The van der Waals surface area contributed by atoms with Crippen molar-refractivity contribution in [2.75, 3.05) is 44.7 Å². The molecule has 4 rings (SSSR count). The van der Waals surface area contributed by atoms with Gasteiger partial charge in [-0.2, -0.15) is 0 Å². The predicted molar refractivity (Wildman–Crippen MR) is 155 cm³/mol. The number of likely N-dealkylation sites (tertiary alicyclic amines) is 1. The highest BCUT2D eigenvalue weighted by Gasteiger charge is 2.52. The minimum absolute atomic E-state index is 0.000970. The Kier molecular flexibility index (Phi) is 9.98. The minimum atomic E-state index is -0.733. The first kappa shape index (κ1) is 28.6. The van der Waals surface area contributed by atoms with Crippen molar-refractivity contribution in [3.8, 4) is 0 Å². The fourth-order valence-electron chi connectivity index (χ4n) is 5.75. The van der Waals surface area contributed by atoms with E-state index in [0.717, 1.165) is 51.0 Å². The maximum absolute atomic E-state index is 13.6. The fraction of sp³-hybridized carbons (Fsp3) is 0.516. The van der Waals surface area contributed by atoms with Crippen LogP contribution in [0.1, 0.15) is 51.0 Å². The molecule has 0 unspecified atom stereocenters. The Balaban J connectivity index is 1.24. The molecule has 0 bridgehead atoms. The zero-order valence-electron chi connectivity index (χ0n) is 23.4. The standard InChI is InChI=1S/C31H43N5O3/c1-3-21-36-28(37)27(16-10-11-20-32-30(39)34(2)26-14-8-5-9-15-26)33-29(38)31(36)18-23-35(24-19-31)22-17-25-12-6-4-7-13-25/h4-9,12-15,27H,3,10-11,16-24H2,1-2H3,(H,32,39)(H,33,38)/t27-/m0/s1. The van der Waals surface area contributed by atoms with Gasteiger partial charge >= 0.3 is 6.03 Å². The molecule has 8 nitrogen and oxygen atoms in total. The van der Waals surface area contributed by atoms with Gasteiger partial charge in [0.05, 0.1) is 0 Å². The van der Waals surface area contributed by atoms with Crippen molar-refractivity contribution in [1.29, 1.82) is 0 Å². The maximum Gasteiger partial charge on any atom is 0.321 e. The van der Waals surface area contributed by atoms with Gasteiger partial charge in [-0.25, -0.2) is 4.79 Å². The molecule has 2 saturated heterocycles.